The van der Waals surface area contributed by atoms with Crippen molar-refractivity contribution in [3.63, 3.8) is 0 Å². The highest BCUT2D eigenvalue weighted by molar-refractivity contribution is 7.07. The van der Waals surface area contributed by atoms with Gasteiger partial charge in [-0.25, -0.2) is 14.2 Å². The Morgan fingerprint density at radius 1 is 1.15 bits per heavy atom. The zero-order chi connectivity index (χ0) is 28.2. The van der Waals surface area contributed by atoms with Crippen molar-refractivity contribution in [3.8, 4) is 11.8 Å². The molecule has 0 spiro atoms. The van der Waals surface area contributed by atoms with Gasteiger partial charge in [0.2, 0.25) is 0 Å². The molecule has 0 saturated carbocycles. The second kappa shape index (κ2) is 11.5. The molecular formula is C31H24FN3O4S. The van der Waals surface area contributed by atoms with Gasteiger partial charge in [-0.2, -0.15) is 5.26 Å². The summed E-state index contributed by atoms with van der Waals surface area (Å²) in [5.41, 5.74) is 3.19. The number of benzene rings is 3. The lowest BCUT2D eigenvalue weighted by Crippen LogP contribution is -2.39. The van der Waals surface area contributed by atoms with Gasteiger partial charge in [0.1, 0.15) is 18.2 Å². The maximum atomic E-state index is 13.7. The van der Waals surface area contributed by atoms with Gasteiger partial charge in [0.15, 0.2) is 4.80 Å². The van der Waals surface area contributed by atoms with Gasteiger partial charge < -0.3 is 9.47 Å². The van der Waals surface area contributed by atoms with Crippen LogP contribution < -0.4 is 19.6 Å². The predicted octanol–water partition coefficient (Wildman–Crippen LogP) is 4.39. The van der Waals surface area contributed by atoms with E-state index in [1.807, 2.05) is 36.4 Å². The number of thiazole rings is 1. The quantitative estimate of drug-likeness (QED) is 0.317. The molecule has 7 nitrogen and oxygen atoms in total. The van der Waals surface area contributed by atoms with Crippen molar-refractivity contribution in [3.05, 3.63) is 132 Å². The number of carbonyl (C=O) groups excluding carboxylic acids is 1. The monoisotopic (exact) mass is 553 g/mol. The zero-order valence-corrected chi connectivity index (χ0v) is 22.6. The van der Waals surface area contributed by atoms with E-state index in [9.17, 15) is 14.0 Å². The number of ether oxygens (including phenoxy) is 2. The standard InChI is InChI=1S/C31H24FN3O4S/c1-3-38-30(37)27-19(2)34-31-35(28(27)23-11-13-24(32)14-12-23)29(36)26(40-31)16-22-5-4-6-25(15-22)39-18-21-9-7-20(17-33)8-10-21/h4-16,28H,3,18H2,1-2H3/b26-16-/t28-/m0/s1. The first-order valence-electron chi connectivity index (χ1n) is 12.5. The molecule has 1 aliphatic rings. The van der Waals surface area contributed by atoms with Gasteiger partial charge in [0.25, 0.3) is 5.56 Å². The molecule has 0 bridgehead atoms. The Morgan fingerprint density at radius 3 is 2.60 bits per heavy atom. The number of rotatable bonds is 7. The fourth-order valence-electron chi connectivity index (χ4n) is 4.44. The van der Waals surface area contributed by atoms with Gasteiger partial charge in [-0.15, -0.1) is 0 Å². The average molecular weight is 554 g/mol. The molecule has 0 N–H and O–H groups in total. The molecule has 5 rings (SSSR count). The normalized spacial score (nSPS) is 14.8. The number of esters is 1. The van der Waals surface area contributed by atoms with E-state index in [2.05, 4.69) is 11.1 Å². The van der Waals surface area contributed by atoms with Crippen LogP contribution in [0.15, 0.2) is 93.9 Å². The third-order valence-electron chi connectivity index (χ3n) is 6.35. The van der Waals surface area contributed by atoms with Crippen LogP contribution in [0.4, 0.5) is 4.39 Å². The molecule has 0 aliphatic carbocycles. The zero-order valence-electron chi connectivity index (χ0n) is 21.8. The molecule has 1 atom stereocenters. The predicted molar refractivity (Wildman–Crippen MR) is 149 cm³/mol. The van der Waals surface area contributed by atoms with Crippen molar-refractivity contribution < 1.29 is 18.7 Å². The largest absolute Gasteiger partial charge is 0.489 e. The van der Waals surface area contributed by atoms with Crippen LogP contribution >= 0.6 is 11.3 Å². The van der Waals surface area contributed by atoms with Gasteiger partial charge in [-0.1, -0.05) is 47.7 Å². The Balaban J connectivity index is 1.51. The SMILES string of the molecule is CCOC(=O)C1=C(C)N=c2s/c(=C\c3cccc(OCc4ccc(C#N)cc4)c3)c(=O)n2[C@H]1c1ccc(F)cc1. The van der Waals surface area contributed by atoms with Crippen molar-refractivity contribution in [2.24, 2.45) is 4.99 Å². The molecule has 1 aromatic heterocycles. The van der Waals surface area contributed by atoms with Gasteiger partial charge in [0, 0.05) is 0 Å². The minimum atomic E-state index is -0.805. The van der Waals surface area contributed by atoms with E-state index in [0.29, 0.717) is 38.5 Å². The number of hydrogen-bond donors (Lipinski definition) is 0. The summed E-state index contributed by atoms with van der Waals surface area (Å²) in [7, 11) is 0. The second-order valence-corrected chi connectivity index (χ2v) is 10.0. The minimum Gasteiger partial charge on any atom is -0.489 e. The first kappa shape index (κ1) is 26.8. The molecule has 2 heterocycles. The van der Waals surface area contributed by atoms with Crippen molar-refractivity contribution in [2.75, 3.05) is 6.61 Å². The van der Waals surface area contributed by atoms with E-state index in [4.69, 9.17) is 14.7 Å². The smallest absolute Gasteiger partial charge is 0.338 e. The van der Waals surface area contributed by atoms with Crippen LogP contribution in [-0.2, 0) is 16.1 Å². The number of carbonyl (C=O) groups is 1. The first-order valence-corrected chi connectivity index (χ1v) is 13.4. The molecule has 0 saturated heterocycles. The summed E-state index contributed by atoms with van der Waals surface area (Å²) in [4.78, 5) is 31.7. The molecule has 4 aromatic rings. The van der Waals surface area contributed by atoms with Crippen LogP contribution in [0.3, 0.4) is 0 Å². The molecule has 0 fully saturated rings. The second-order valence-electron chi connectivity index (χ2n) is 9.02. The number of allylic oxidation sites excluding steroid dienone is 1. The van der Waals surface area contributed by atoms with Crippen molar-refractivity contribution in [2.45, 2.75) is 26.5 Å². The van der Waals surface area contributed by atoms with E-state index >= 15 is 0 Å². The fourth-order valence-corrected chi connectivity index (χ4v) is 5.49. The van der Waals surface area contributed by atoms with Crippen molar-refractivity contribution >= 4 is 23.4 Å². The maximum Gasteiger partial charge on any atom is 0.338 e. The summed E-state index contributed by atoms with van der Waals surface area (Å²) in [6.45, 7) is 3.90. The van der Waals surface area contributed by atoms with Gasteiger partial charge >= 0.3 is 5.97 Å². The van der Waals surface area contributed by atoms with Crippen LogP contribution in [-0.4, -0.2) is 17.1 Å². The lowest BCUT2D eigenvalue weighted by molar-refractivity contribution is -0.139. The Hall–Kier alpha value is -4.81. The van der Waals surface area contributed by atoms with E-state index < -0.39 is 17.8 Å². The van der Waals surface area contributed by atoms with E-state index in [1.54, 1.807) is 44.2 Å². The van der Waals surface area contributed by atoms with Gasteiger partial charge in [0.05, 0.1) is 40.1 Å². The van der Waals surface area contributed by atoms with Crippen LogP contribution in [0.25, 0.3) is 6.08 Å². The highest BCUT2D eigenvalue weighted by atomic mass is 32.1. The summed E-state index contributed by atoms with van der Waals surface area (Å²) in [5, 5.41) is 8.97. The third kappa shape index (κ3) is 5.48. The molecule has 0 unspecified atom stereocenters. The van der Waals surface area contributed by atoms with Crippen LogP contribution in [0.1, 0.15) is 42.1 Å². The molecule has 1 aliphatic heterocycles. The molecule has 0 radical (unpaired) electrons. The van der Waals surface area contributed by atoms with Crippen molar-refractivity contribution in [1.29, 1.82) is 5.26 Å². The summed E-state index contributed by atoms with van der Waals surface area (Å²) in [6.07, 6.45) is 1.75. The Labute approximate surface area is 233 Å². The van der Waals surface area contributed by atoms with Crippen LogP contribution in [0.2, 0.25) is 0 Å². The van der Waals surface area contributed by atoms with Gasteiger partial charge in [-0.05, 0) is 73.0 Å². The molecule has 0 amide bonds. The Bertz CT molecular complexity index is 1830. The summed E-state index contributed by atoms with van der Waals surface area (Å²) < 4.78 is 26.8. The first-order chi connectivity index (χ1) is 19.4. The Morgan fingerprint density at radius 2 is 1.90 bits per heavy atom. The number of fused-ring (bicyclic) bond motifs is 1. The minimum absolute atomic E-state index is 0.166. The highest BCUT2D eigenvalue weighted by Gasteiger charge is 2.33. The average Bonchev–Trinajstić information content (AvgIpc) is 3.26. The molecule has 3 aromatic carbocycles. The highest BCUT2D eigenvalue weighted by Crippen LogP contribution is 2.30. The molecule has 200 valence electrons. The van der Waals surface area contributed by atoms with Crippen LogP contribution in [0.5, 0.6) is 5.75 Å². The maximum absolute atomic E-state index is 13.7. The Kier molecular flexibility index (Phi) is 7.71. The number of aromatic nitrogens is 1. The number of halogens is 1. The van der Waals surface area contributed by atoms with E-state index in [-0.39, 0.29) is 17.7 Å². The summed E-state index contributed by atoms with van der Waals surface area (Å²) >= 11 is 1.21. The number of nitrogens with zero attached hydrogens (tertiary/aromatic N) is 3. The molecule has 9 heteroatoms. The van der Waals surface area contributed by atoms with Gasteiger partial charge in [-0.3, -0.25) is 9.36 Å². The number of hydrogen-bond acceptors (Lipinski definition) is 7. The number of nitriles is 1. The summed E-state index contributed by atoms with van der Waals surface area (Å²) in [5.74, 6) is -0.370. The summed E-state index contributed by atoms with van der Waals surface area (Å²) in [6, 6.07) is 21.5. The third-order valence-corrected chi connectivity index (χ3v) is 7.33. The van der Waals surface area contributed by atoms with Crippen molar-refractivity contribution in [1.82, 2.24) is 4.57 Å². The van der Waals surface area contributed by atoms with E-state index in [0.717, 1.165) is 11.1 Å². The topological polar surface area (TPSA) is 93.7 Å². The van der Waals surface area contributed by atoms with E-state index in [1.165, 1.54) is 28.0 Å². The lowest BCUT2D eigenvalue weighted by atomic mass is 9.96. The van der Waals surface area contributed by atoms with Crippen LogP contribution in [0, 0.1) is 17.1 Å². The molecule has 40 heavy (non-hydrogen) atoms. The lowest BCUT2D eigenvalue weighted by Gasteiger charge is -2.24. The molecular weight excluding hydrogens is 529 g/mol. The fraction of sp³-hybridized carbons (Fsp3) is 0.161.